The number of carbonyl (C=O) groups is 6. The molecule has 0 aliphatic carbocycles. The lowest BCUT2D eigenvalue weighted by Crippen LogP contribution is -2.43. The highest BCUT2D eigenvalue weighted by atomic mass is 16.6. The Bertz CT molecular complexity index is 976. The molecule has 0 saturated carbocycles. The molecule has 0 aromatic rings. The highest BCUT2D eigenvalue weighted by Gasteiger charge is 2.35. The Kier molecular flexibility index (Phi) is 23.7. The van der Waals surface area contributed by atoms with Crippen molar-refractivity contribution in [1.82, 2.24) is 16.0 Å². The van der Waals surface area contributed by atoms with Gasteiger partial charge in [-0.15, -0.1) is 0 Å². The fraction of sp³-hybridized carbons (Fsp3) is 0.625. The number of hydrogen-bond donors (Lipinski definition) is 4. The molecule has 0 atom stereocenters. The van der Waals surface area contributed by atoms with E-state index in [9.17, 15) is 33.9 Å². The van der Waals surface area contributed by atoms with Gasteiger partial charge in [0.2, 0.25) is 0 Å². The lowest BCUT2D eigenvalue weighted by Gasteiger charge is -2.30. The highest BCUT2D eigenvalue weighted by Crippen LogP contribution is 2.20. The van der Waals surface area contributed by atoms with E-state index in [1.54, 1.807) is 0 Å². The fourth-order valence-electron chi connectivity index (χ4n) is 3.14. The van der Waals surface area contributed by atoms with Gasteiger partial charge in [-0.05, 0) is 20.8 Å². The van der Waals surface area contributed by atoms with Crippen LogP contribution in [0, 0.1) is 5.41 Å². The Labute approximate surface area is 281 Å². The first-order valence-corrected chi connectivity index (χ1v) is 15.4. The zero-order valence-electron chi connectivity index (χ0n) is 28.3. The zero-order chi connectivity index (χ0) is 36.4. The molecule has 0 radical (unpaired) electrons. The quantitative estimate of drug-likeness (QED) is 0.0366. The normalized spacial score (nSPS) is 10.8. The van der Waals surface area contributed by atoms with Crippen molar-refractivity contribution in [1.29, 1.82) is 0 Å². The molecule has 16 heteroatoms. The van der Waals surface area contributed by atoms with Crippen LogP contribution in [-0.2, 0) is 57.2 Å². The Balaban J connectivity index is 4.87. The summed E-state index contributed by atoms with van der Waals surface area (Å²) in [5, 5.41) is 19.0. The van der Waals surface area contributed by atoms with Gasteiger partial charge in [-0.1, -0.05) is 19.7 Å². The van der Waals surface area contributed by atoms with E-state index < -0.39 is 67.7 Å². The molecule has 0 rings (SSSR count). The predicted molar refractivity (Wildman–Crippen MR) is 172 cm³/mol. The van der Waals surface area contributed by atoms with Crippen molar-refractivity contribution in [2.24, 2.45) is 5.41 Å². The van der Waals surface area contributed by atoms with Crippen LogP contribution in [0.2, 0.25) is 0 Å². The average Bonchev–Trinajstić information content (AvgIpc) is 3.05. The van der Waals surface area contributed by atoms with Crippen LogP contribution in [0.25, 0.3) is 0 Å². The zero-order valence-corrected chi connectivity index (χ0v) is 28.3. The monoisotopic (exact) mass is 685 g/mol. The summed E-state index contributed by atoms with van der Waals surface area (Å²) in [6, 6.07) is 0. The van der Waals surface area contributed by atoms with E-state index in [1.807, 2.05) is 0 Å². The van der Waals surface area contributed by atoms with Crippen molar-refractivity contribution in [2.45, 2.75) is 40.0 Å². The minimum atomic E-state index is -1.44. The second-order valence-corrected chi connectivity index (χ2v) is 10.9. The second-order valence-electron chi connectivity index (χ2n) is 10.9. The van der Waals surface area contributed by atoms with E-state index in [4.69, 9.17) is 28.4 Å². The van der Waals surface area contributed by atoms with Gasteiger partial charge in [-0.2, -0.15) is 0 Å². The Morgan fingerprint density at radius 2 is 0.771 bits per heavy atom. The maximum Gasteiger partial charge on any atom is 0.333 e. The highest BCUT2D eigenvalue weighted by molar-refractivity contribution is 5.87. The molecule has 0 heterocycles. The summed E-state index contributed by atoms with van der Waals surface area (Å²) in [6.07, 6.45) is -0.178. The Hall–Kier alpha value is -4.12. The van der Waals surface area contributed by atoms with E-state index in [0.717, 1.165) is 0 Å². The van der Waals surface area contributed by atoms with E-state index >= 15 is 0 Å². The molecule has 272 valence electrons. The number of carbonyl (C=O) groups excluding carboxylic acids is 6. The summed E-state index contributed by atoms with van der Waals surface area (Å²) >= 11 is 0. The summed E-state index contributed by atoms with van der Waals surface area (Å²) in [4.78, 5) is 71.3. The topological polar surface area (TPSA) is 214 Å². The largest absolute Gasteiger partial charge is 0.465 e. The molecule has 0 fully saturated rings. The summed E-state index contributed by atoms with van der Waals surface area (Å²) in [5.41, 5.74) is -0.630. The second kappa shape index (κ2) is 25.9. The number of aliphatic hydroxyl groups is 1. The minimum absolute atomic E-state index is 0.0593. The molecule has 0 spiro atoms. The van der Waals surface area contributed by atoms with Gasteiger partial charge in [-0.3, -0.25) is 14.4 Å². The molecule has 0 aliphatic heterocycles. The van der Waals surface area contributed by atoms with Crippen LogP contribution < -0.4 is 16.0 Å². The maximum atomic E-state index is 12.4. The number of hydrogen-bond acceptors (Lipinski definition) is 16. The number of rotatable bonds is 28. The van der Waals surface area contributed by atoms with Gasteiger partial charge in [0, 0.05) is 56.0 Å². The van der Waals surface area contributed by atoms with E-state index in [-0.39, 0.29) is 75.4 Å². The Morgan fingerprint density at radius 3 is 1.00 bits per heavy atom. The van der Waals surface area contributed by atoms with Crippen molar-refractivity contribution >= 4 is 35.8 Å². The van der Waals surface area contributed by atoms with Crippen LogP contribution >= 0.6 is 0 Å². The number of nitrogens with one attached hydrogen (secondary N) is 3. The van der Waals surface area contributed by atoms with E-state index in [1.165, 1.54) is 20.8 Å². The SMILES string of the molecule is C=C(C)C(=O)OCCNCCC(=O)OCC(CO)(COC(=O)CCNCCOC(=O)C(=C)C)COC(=O)CCNCCOC(=O)C(=C)C. The van der Waals surface area contributed by atoms with Crippen molar-refractivity contribution in [3.05, 3.63) is 36.5 Å². The molecule has 16 nitrogen and oxygen atoms in total. The maximum absolute atomic E-state index is 12.4. The molecular formula is C32H51N3O13. The molecule has 0 amide bonds. The first-order chi connectivity index (χ1) is 22.7. The molecule has 0 aromatic heterocycles. The van der Waals surface area contributed by atoms with Crippen LogP contribution in [0.3, 0.4) is 0 Å². The average molecular weight is 686 g/mol. The Morgan fingerprint density at radius 1 is 0.500 bits per heavy atom. The van der Waals surface area contributed by atoms with Gasteiger partial charge < -0.3 is 49.5 Å². The predicted octanol–water partition coefficient (Wildman–Crippen LogP) is -0.108. The van der Waals surface area contributed by atoms with Gasteiger partial charge in [-0.25, -0.2) is 14.4 Å². The summed E-state index contributed by atoms with van der Waals surface area (Å²) in [5.74, 6) is -3.46. The van der Waals surface area contributed by atoms with Crippen LogP contribution in [-0.4, -0.2) is 126 Å². The van der Waals surface area contributed by atoms with Gasteiger partial charge >= 0.3 is 35.8 Å². The van der Waals surface area contributed by atoms with Gasteiger partial charge in [0.25, 0.3) is 0 Å². The third kappa shape index (κ3) is 22.4. The molecule has 0 aliphatic rings. The van der Waals surface area contributed by atoms with E-state index in [2.05, 4.69) is 35.7 Å². The lowest BCUT2D eigenvalue weighted by atomic mass is 9.92. The van der Waals surface area contributed by atoms with Crippen LogP contribution in [0.1, 0.15) is 40.0 Å². The summed E-state index contributed by atoms with van der Waals surface area (Å²) in [6.45, 7) is 14.9. The lowest BCUT2D eigenvalue weighted by molar-refractivity contribution is -0.165. The summed E-state index contributed by atoms with van der Waals surface area (Å²) < 4.78 is 30.8. The molecule has 4 N–H and O–H groups in total. The van der Waals surface area contributed by atoms with Crippen molar-refractivity contribution in [3.63, 3.8) is 0 Å². The number of esters is 6. The first kappa shape index (κ1) is 43.9. The van der Waals surface area contributed by atoms with Crippen LogP contribution in [0.4, 0.5) is 0 Å². The van der Waals surface area contributed by atoms with Crippen molar-refractivity contribution in [3.8, 4) is 0 Å². The number of aliphatic hydroxyl groups excluding tert-OH is 1. The molecular weight excluding hydrogens is 634 g/mol. The van der Waals surface area contributed by atoms with Gasteiger partial charge in [0.15, 0.2) is 0 Å². The molecule has 0 aromatic carbocycles. The third-order valence-electron chi connectivity index (χ3n) is 6.05. The molecule has 48 heavy (non-hydrogen) atoms. The van der Waals surface area contributed by atoms with E-state index in [0.29, 0.717) is 19.6 Å². The minimum Gasteiger partial charge on any atom is -0.465 e. The van der Waals surface area contributed by atoms with Crippen LogP contribution in [0.15, 0.2) is 36.5 Å². The van der Waals surface area contributed by atoms with Crippen molar-refractivity contribution in [2.75, 3.05) is 85.5 Å². The first-order valence-electron chi connectivity index (χ1n) is 15.4. The molecule has 0 unspecified atom stereocenters. The number of ether oxygens (including phenoxy) is 6. The summed E-state index contributed by atoms with van der Waals surface area (Å²) in [7, 11) is 0. The van der Waals surface area contributed by atoms with Gasteiger partial charge in [0.1, 0.15) is 39.6 Å². The molecule has 0 bridgehead atoms. The fourth-order valence-corrected chi connectivity index (χ4v) is 3.14. The molecule has 0 saturated heterocycles. The van der Waals surface area contributed by atoms with Gasteiger partial charge in [0.05, 0.1) is 31.3 Å². The van der Waals surface area contributed by atoms with Crippen molar-refractivity contribution < 1.29 is 62.3 Å². The standard InChI is InChI=1S/C32H51N3O13/c1-23(2)29(40)43-16-13-33-10-7-26(37)46-20-32(19-36,21-47-27(38)8-11-34-14-17-44-30(41)24(3)4)22-48-28(39)9-12-35-15-18-45-31(42)25(5)6/h33-36H,1,3,5,7-22H2,2,4,6H3. The third-order valence-corrected chi connectivity index (χ3v) is 6.05. The van der Waals surface area contributed by atoms with Crippen LogP contribution in [0.5, 0.6) is 0 Å². The smallest absolute Gasteiger partial charge is 0.333 e.